The maximum absolute atomic E-state index is 13.1. The molecule has 0 aromatic rings. The van der Waals surface area contributed by atoms with Crippen LogP contribution in [0.4, 0.5) is 0 Å². The zero-order valence-corrected chi connectivity index (χ0v) is 38.6. The highest BCUT2D eigenvalue weighted by Crippen LogP contribution is 2.15. The van der Waals surface area contributed by atoms with Crippen molar-refractivity contribution in [3.05, 3.63) is 72.9 Å². The molecule has 0 fully saturated rings. The number of unbranched alkanes of at least 4 members (excludes halogenated alkanes) is 21. The third kappa shape index (κ3) is 41.8. The van der Waals surface area contributed by atoms with Crippen molar-refractivity contribution < 1.29 is 24.5 Å². The third-order valence-corrected chi connectivity index (χ3v) is 10.8. The zero-order valence-electron chi connectivity index (χ0n) is 38.6. The van der Waals surface area contributed by atoms with Crippen LogP contribution in [0, 0.1) is 0 Å². The maximum Gasteiger partial charge on any atom is 0.306 e. The molecular weight excluding hydrogens is 731 g/mol. The molecule has 0 radical (unpaired) electrons. The SMILES string of the molecule is CC/C=C/C/C=C/C/C=C/C/C=C/C/C=C/C(CC(=O)NC(CO)C(O)CCCCCCCCCCCC)OC(=O)CCCCCCC/C=C/CCCCCCCCC. The van der Waals surface area contributed by atoms with Crippen LogP contribution in [0.25, 0.3) is 0 Å². The van der Waals surface area contributed by atoms with Gasteiger partial charge in [-0.15, -0.1) is 0 Å². The Morgan fingerprint density at radius 2 is 0.949 bits per heavy atom. The lowest BCUT2D eigenvalue weighted by atomic mass is 10.0. The molecule has 0 aliphatic heterocycles. The predicted molar refractivity (Wildman–Crippen MR) is 255 cm³/mol. The first-order valence-corrected chi connectivity index (χ1v) is 24.7. The van der Waals surface area contributed by atoms with Crippen molar-refractivity contribution in [2.75, 3.05) is 6.61 Å². The quantitative estimate of drug-likeness (QED) is 0.0323. The summed E-state index contributed by atoms with van der Waals surface area (Å²) in [6.45, 7) is 6.31. The van der Waals surface area contributed by atoms with Crippen molar-refractivity contribution in [2.45, 2.75) is 244 Å². The number of nitrogens with one attached hydrogen (secondary N) is 1. The van der Waals surface area contributed by atoms with E-state index in [1.807, 2.05) is 6.08 Å². The van der Waals surface area contributed by atoms with Crippen LogP contribution in [0.5, 0.6) is 0 Å². The highest BCUT2D eigenvalue weighted by molar-refractivity contribution is 5.78. The molecule has 6 heteroatoms. The van der Waals surface area contributed by atoms with Gasteiger partial charge in [-0.3, -0.25) is 9.59 Å². The summed E-state index contributed by atoms with van der Waals surface area (Å²) in [6, 6.07) is -0.744. The van der Waals surface area contributed by atoms with Gasteiger partial charge in [0.2, 0.25) is 5.91 Å². The molecule has 0 aliphatic rings. The minimum atomic E-state index is -0.821. The number of aliphatic hydroxyl groups excluding tert-OH is 2. The number of carbonyl (C=O) groups excluding carboxylic acids is 2. The van der Waals surface area contributed by atoms with E-state index in [4.69, 9.17) is 4.74 Å². The van der Waals surface area contributed by atoms with Gasteiger partial charge in [0.25, 0.3) is 0 Å². The van der Waals surface area contributed by atoms with Crippen LogP contribution in [0.2, 0.25) is 0 Å². The van der Waals surface area contributed by atoms with Crippen molar-refractivity contribution in [1.29, 1.82) is 0 Å². The number of hydrogen-bond acceptors (Lipinski definition) is 5. The Balaban J connectivity index is 4.75. The van der Waals surface area contributed by atoms with Crippen molar-refractivity contribution in [1.82, 2.24) is 5.32 Å². The Morgan fingerprint density at radius 1 is 0.525 bits per heavy atom. The van der Waals surface area contributed by atoms with E-state index in [1.165, 1.54) is 103 Å². The van der Waals surface area contributed by atoms with Crippen LogP contribution < -0.4 is 5.32 Å². The van der Waals surface area contributed by atoms with E-state index in [-0.39, 0.29) is 24.9 Å². The van der Waals surface area contributed by atoms with E-state index < -0.39 is 18.2 Å². The Bertz CT molecular complexity index is 1110. The first-order valence-electron chi connectivity index (χ1n) is 24.7. The molecule has 340 valence electrons. The van der Waals surface area contributed by atoms with Gasteiger partial charge >= 0.3 is 5.97 Å². The standard InChI is InChI=1S/C53H93NO5/c1-4-7-10-13-16-19-22-24-26-27-29-31-34-37-40-43-46-53(58)59-49(44-41-38-35-32-30-28-25-23-20-17-14-11-8-5-2)47-52(57)54-50(48-55)51(56)45-42-39-36-33-21-18-15-12-9-6-3/h8,11,17,20,25-28,32,35,41,44,49-51,55-56H,4-7,9-10,12-16,18-19,21-24,29-31,33-34,36-40,42-43,45-48H2,1-3H3,(H,54,57)/b11-8+,20-17+,27-26+,28-25+,35-32+,44-41+. The van der Waals surface area contributed by atoms with Crippen LogP contribution in [0.1, 0.15) is 226 Å². The number of esters is 1. The van der Waals surface area contributed by atoms with Crippen molar-refractivity contribution in [2.24, 2.45) is 0 Å². The van der Waals surface area contributed by atoms with Gasteiger partial charge in [0, 0.05) is 6.42 Å². The molecule has 0 aromatic carbocycles. The van der Waals surface area contributed by atoms with Crippen LogP contribution in [0.15, 0.2) is 72.9 Å². The summed E-state index contributed by atoms with van der Waals surface area (Å²) in [5, 5.41) is 23.6. The van der Waals surface area contributed by atoms with E-state index in [9.17, 15) is 19.8 Å². The Hall–Kier alpha value is -2.70. The summed E-state index contributed by atoms with van der Waals surface area (Å²) in [4.78, 5) is 26.0. The summed E-state index contributed by atoms with van der Waals surface area (Å²) in [5.41, 5.74) is 0. The molecule has 3 unspecified atom stereocenters. The molecule has 1 amide bonds. The minimum absolute atomic E-state index is 0.0512. The highest BCUT2D eigenvalue weighted by atomic mass is 16.5. The number of hydrogen-bond donors (Lipinski definition) is 3. The largest absolute Gasteiger partial charge is 0.458 e. The Labute approximate surface area is 364 Å². The number of carbonyl (C=O) groups is 2. The molecular formula is C53H93NO5. The van der Waals surface area contributed by atoms with E-state index >= 15 is 0 Å². The van der Waals surface area contributed by atoms with Gasteiger partial charge < -0.3 is 20.3 Å². The molecule has 6 nitrogen and oxygen atoms in total. The van der Waals surface area contributed by atoms with Gasteiger partial charge in [-0.05, 0) is 76.7 Å². The van der Waals surface area contributed by atoms with Crippen molar-refractivity contribution in [3.8, 4) is 0 Å². The molecule has 3 atom stereocenters. The van der Waals surface area contributed by atoms with Gasteiger partial charge in [0.1, 0.15) is 6.10 Å². The smallest absolute Gasteiger partial charge is 0.306 e. The van der Waals surface area contributed by atoms with Crippen LogP contribution in [-0.2, 0) is 14.3 Å². The minimum Gasteiger partial charge on any atom is -0.458 e. The molecule has 0 rings (SSSR count). The molecule has 0 saturated heterocycles. The highest BCUT2D eigenvalue weighted by Gasteiger charge is 2.23. The summed E-state index contributed by atoms with van der Waals surface area (Å²) in [7, 11) is 0. The molecule has 0 aromatic heterocycles. The Morgan fingerprint density at radius 3 is 1.42 bits per heavy atom. The lowest BCUT2D eigenvalue weighted by molar-refractivity contribution is -0.148. The average Bonchev–Trinajstić information content (AvgIpc) is 3.23. The van der Waals surface area contributed by atoms with Crippen molar-refractivity contribution in [3.63, 3.8) is 0 Å². The van der Waals surface area contributed by atoms with Gasteiger partial charge in [-0.1, -0.05) is 210 Å². The lowest BCUT2D eigenvalue weighted by Crippen LogP contribution is -2.46. The maximum atomic E-state index is 13.1. The molecule has 0 spiro atoms. The monoisotopic (exact) mass is 824 g/mol. The van der Waals surface area contributed by atoms with Gasteiger partial charge in [0.05, 0.1) is 25.2 Å². The van der Waals surface area contributed by atoms with Crippen molar-refractivity contribution >= 4 is 11.9 Å². The number of ether oxygens (including phenoxy) is 1. The van der Waals surface area contributed by atoms with E-state index in [1.54, 1.807) is 6.08 Å². The predicted octanol–water partition coefficient (Wildman–Crippen LogP) is 14.6. The normalized spacial score (nSPS) is 13.9. The fourth-order valence-electron chi connectivity index (χ4n) is 7.03. The zero-order chi connectivity index (χ0) is 43.1. The Kier molecular flexibility index (Phi) is 44.2. The second-order valence-corrected chi connectivity index (χ2v) is 16.5. The molecule has 0 bridgehead atoms. The lowest BCUT2D eigenvalue weighted by Gasteiger charge is -2.23. The number of aliphatic hydroxyl groups is 2. The number of rotatable bonds is 43. The number of allylic oxidation sites excluding steroid dienone is 11. The fourth-order valence-corrected chi connectivity index (χ4v) is 7.03. The first-order chi connectivity index (χ1) is 29.0. The summed E-state index contributed by atoms with van der Waals surface area (Å²) in [5.74, 6) is -0.641. The topological polar surface area (TPSA) is 95.9 Å². The summed E-state index contributed by atoms with van der Waals surface area (Å²) >= 11 is 0. The first kappa shape index (κ1) is 56.3. The molecule has 0 aliphatic carbocycles. The van der Waals surface area contributed by atoms with Gasteiger partial charge in [0.15, 0.2) is 0 Å². The molecule has 0 heterocycles. The van der Waals surface area contributed by atoms with Gasteiger partial charge in [-0.25, -0.2) is 0 Å². The third-order valence-electron chi connectivity index (χ3n) is 10.8. The van der Waals surface area contributed by atoms with Crippen LogP contribution in [0.3, 0.4) is 0 Å². The van der Waals surface area contributed by atoms with E-state index in [0.29, 0.717) is 19.3 Å². The van der Waals surface area contributed by atoms with E-state index in [0.717, 1.165) is 77.0 Å². The molecule has 59 heavy (non-hydrogen) atoms. The molecule has 3 N–H and O–H groups in total. The second kappa shape index (κ2) is 46.4. The van der Waals surface area contributed by atoms with Crippen LogP contribution in [-0.4, -0.2) is 46.9 Å². The van der Waals surface area contributed by atoms with E-state index in [2.05, 4.69) is 86.8 Å². The number of amides is 1. The molecule has 0 saturated carbocycles. The average molecular weight is 824 g/mol. The summed E-state index contributed by atoms with van der Waals surface area (Å²) in [6.07, 6.45) is 58.5. The van der Waals surface area contributed by atoms with Crippen LogP contribution >= 0.6 is 0 Å². The second-order valence-electron chi connectivity index (χ2n) is 16.5. The summed E-state index contributed by atoms with van der Waals surface area (Å²) < 4.78 is 5.81. The van der Waals surface area contributed by atoms with Gasteiger partial charge in [-0.2, -0.15) is 0 Å². The fraction of sp³-hybridized carbons (Fsp3) is 0.736.